The third-order valence-electron chi connectivity index (χ3n) is 6.40. The fourth-order valence-corrected chi connectivity index (χ4v) is 4.52. The van der Waals surface area contributed by atoms with Crippen LogP contribution in [0.15, 0.2) is 18.2 Å². The smallest absolute Gasteiger partial charge is 0.344 e. The zero-order chi connectivity index (χ0) is 21.7. The molecule has 30 heavy (non-hydrogen) atoms. The van der Waals surface area contributed by atoms with E-state index in [4.69, 9.17) is 14.5 Å². The van der Waals surface area contributed by atoms with Gasteiger partial charge in [-0.3, -0.25) is 4.98 Å². The van der Waals surface area contributed by atoms with Crippen molar-refractivity contribution in [1.82, 2.24) is 4.98 Å². The molecule has 0 bridgehead atoms. The number of pyridine rings is 1. The summed E-state index contributed by atoms with van der Waals surface area (Å²) in [6.45, 7) is 10.6. The van der Waals surface area contributed by atoms with Gasteiger partial charge in [0.2, 0.25) is 0 Å². The zero-order valence-electron chi connectivity index (χ0n) is 19.1. The summed E-state index contributed by atoms with van der Waals surface area (Å²) >= 11 is 0. The summed E-state index contributed by atoms with van der Waals surface area (Å²) in [7, 11) is 0. The molecular formula is C26H35NO3. The van der Waals surface area contributed by atoms with Gasteiger partial charge in [0.25, 0.3) is 0 Å². The Kier molecular flexibility index (Phi) is 7.52. The van der Waals surface area contributed by atoms with Crippen molar-refractivity contribution in [3.8, 4) is 5.75 Å². The van der Waals surface area contributed by atoms with Crippen molar-refractivity contribution < 1.29 is 14.3 Å². The summed E-state index contributed by atoms with van der Waals surface area (Å²) in [5.74, 6) is 1.03. The molecule has 2 aromatic rings. The molecule has 1 saturated carbocycles. The second-order valence-electron chi connectivity index (χ2n) is 8.53. The molecule has 1 aromatic carbocycles. The van der Waals surface area contributed by atoms with E-state index in [2.05, 4.69) is 39.8 Å². The summed E-state index contributed by atoms with van der Waals surface area (Å²) in [5.41, 5.74) is 8.48. The van der Waals surface area contributed by atoms with Gasteiger partial charge in [-0.15, -0.1) is 0 Å². The second-order valence-corrected chi connectivity index (χ2v) is 8.53. The molecule has 0 amide bonds. The number of nitrogens with zero attached hydrogens (tertiary/aromatic N) is 1. The van der Waals surface area contributed by atoms with Gasteiger partial charge in [-0.25, -0.2) is 4.79 Å². The van der Waals surface area contributed by atoms with E-state index < -0.39 is 0 Å². The molecule has 0 radical (unpaired) electrons. The average Bonchev–Trinajstić information content (AvgIpc) is 2.74. The molecule has 162 valence electrons. The quantitative estimate of drug-likeness (QED) is 0.535. The van der Waals surface area contributed by atoms with Gasteiger partial charge in [0, 0.05) is 23.7 Å². The number of carbonyl (C=O) groups is 1. The topological polar surface area (TPSA) is 48.4 Å². The number of hydrogen-bond acceptors (Lipinski definition) is 4. The predicted octanol–water partition coefficient (Wildman–Crippen LogP) is 5.90. The van der Waals surface area contributed by atoms with Crippen molar-refractivity contribution >= 4 is 5.97 Å². The Morgan fingerprint density at radius 2 is 1.77 bits per heavy atom. The molecule has 1 heterocycles. The van der Waals surface area contributed by atoms with Crippen molar-refractivity contribution in [2.45, 2.75) is 79.1 Å². The Balaban J connectivity index is 1.81. The molecule has 0 atom stereocenters. The lowest BCUT2D eigenvalue weighted by Crippen LogP contribution is -2.15. The molecule has 0 N–H and O–H groups in total. The Hall–Kier alpha value is -2.36. The van der Waals surface area contributed by atoms with Crippen molar-refractivity contribution in [3.63, 3.8) is 0 Å². The van der Waals surface area contributed by atoms with Gasteiger partial charge in [0.15, 0.2) is 6.61 Å². The fraction of sp³-hybridized carbons (Fsp3) is 0.538. The number of hydrogen-bond donors (Lipinski definition) is 0. The second kappa shape index (κ2) is 10.1. The standard InChI is InChI=1S/C26H35NO3/c1-6-29-25(28)16-30-24-14-18(3)23(19(4)20(24)5)15-22-13-12-17(2)26(27-22)21-10-8-7-9-11-21/h12-14,21H,6-11,15-16H2,1-5H3. The average molecular weight is 410 g/mol. The van der Waals surface area contributed by atoms with Gasteiger partial charge < -0.3 is 9.47 Å². The van der Waals surface area contributed by atoms with E-state index in [-0.39, 0.29) is 12.6 Å². The first kappa shape index (κ1) is 22.3. The highest BCUT2D eigenvalue weighted by molar-refractivity contribution is 5.71. The van der Waals surface area contributed by atoms with Gasteiger partial charge in [-0.1, -0.05) is 25.3 Å². The van der Waals surface area contributed by atoms with Gasteiger partial charge in [-0.05, 0) is 87.4 Å². The molecule has 1 fully saturated rings. The normalized spacial score (nSPS) is 14.6. The SMILES string of the molecule is CCOC(=O)COc1cc(C)c(Cc2ccc(C)c(C3CCCCC3)n2)c(C)c1C. The lowest BCUT2D eigenvalue weighted by molar-refractivity contribution is -0.145. The van der Waals surface area contributed by atoms with Crippen molar-refractivity contribution in [1.29, 1.82) is 0 Å². The lowest BCUT2D eigenvalue weighted by Gasteiger charge is -2.23. The maximum Gasteiger partial charge on any atom is 0.344 e. The molecular weight excluding hydrogens is 374 g/mol. The van der Waals surface area contributed by atoms with Crippen LogP contribution in [0.25, 0.3) is 0 Å². The predicted molar refractivity (Wildman–Crippen MR) is 120 cm³/mol. The summed E-state index contributed by atoms with van der Waals surface area (Å²) in [6.07, 6.45) is 7.34. The highest BCUT2D eigenvalue weighted by Gasteiger charge is 2.20. The Morgan fingerprint density at radius 3 is 2.47 bits per heavy atom. The highest BCUT2D eigenvalue weighted by atomic mass is 16.6. The molecule has 0 spiro atoms. The molecule has 0 saturated heterocycles. The summed E-state index contributed by atoms with van der Waals surface area (Å²) in [6, 6.07) is 6.44. The van der Waals surface area contributed by atoms with E-state index in [0.29, 0.717) is 12.5 Å². The Bertz CT molecular complexity index is 898. The minimum absolute atomic E-state index is 0.0584. The fourth-order valence-electron chi connectivity index (χ4n) is 4.52. The van der Waals surface area contributed by atoms with Crippen molar-refractivity contribution in [2.75, 3.05) is 13.2 Å². The first-order chi connectivity index (χ1) is 14.4. The lowest BCUT2D eigenvalue weighted by atomic mass is 9.85. The first-order valence-corrected chi connectivity index (χ1v) is 11.2. The van der Waals surface area contributed by atoms with E-state index in [9.17, 15) is 4.79 Å². The molecule has 3 rings (SSSR count). The summed E-state index contributed by atoms with van der Waals surface area (Å²) < 4.78 is 10.7. The number of esters is 1. The molecule has 0 aliphatic heterocycles. The van der Waals surface area contributed by atoms with Gasteiger partial charge in [0.05, 0.1) is 6.61 Å². The molecule has 1 aliphatic rings. The van der Waals surface area contributed by atoms with Crippen LogP contribution in [0, 0.1) is 27.7 Å². The third-order valence-corrected chi connectivity index (χ3v) is 6.40. The van der Waals surface area contributed by atoms with Crippen LogP contribution in [0.4, 0.5) is 0 Å². The van der Waals surface area contributed by atoms with Crippen LogP contribution in [0.3, 0.4) is 0 Å². The van der Waals surface area contributed by atoms with E-state index >= 15 is 0 Å². The van der Waals surface area contributed by atoms with Gasteiger partial charge in [0.1, 0.15) is 5.75 Å². The van der Waals surface area contributed by atoms with Crippen molar-refractivity contribution in [3.05, 3.63) is 57.4 Å². The van der Waals surface area contributed by atoms with Crippen LogP contribution in [0.2, 0.25) is 0 Å². The minimum Gasteiger partial charge on any atom is -0.482 e. The number of aromatic nitrogens is 1. The van der Waals surface area contributed by atoms with Crippen LogP contribution in [-0.2, 0) is 16.0 Å². The number of benzene rings is 1. The Morgan fingerprint density at radius 1 is 1.03 bits per heavy atom. The van der Waals surface area contributed by atoms with Gasteiger partial charge in [-0.2, -0.15) is 0 Å². The molecule has 1 aliphatic carbocycles. The highest BCUT2D eigenvalue weighted by Crippen LogP contribution is 2.34. The van der Waals surface area contributed by atoms with Crippen LogP contribution in [0.1, 0.15) is 84.2 Å². The van der Waals surface area contributed by atoms with Crippen LogP contribution >= 0.6 is 0 Å². The van der Waals surface area contributed by atoms with Crippen LogP contribution in [0.5, 0.6) is 5.75 Å². The first-order valence-electron chi connectivity index (χ1n) is 11.2. The van der Waals surface area contributed by atoms with E-state index in [1.807, 2.05) is 6.07 Å². The van der Waals surface area contributed by atoms with Crippen LogP contribution in [-0.4, -0.2) is 24.2 Å². The zero-order valence-corrected chi connectivity index (χ0v) is 19.1. The number of ether oxygens (including phenoxy) is 2. The molecule has 4 nitrogen and oxygen atoms in total. The maximum atomic E-state index is 11.6. The monoisotopic (exact) mass is 409 g/mol. The summed E-state index contributed by atoms with van der Waals surface area (Å²) in [4.78, 5) is 16.8. The van der Waals surface area contributed by atoms with Crippen molar-refractivity contribution in [2.24, 2.45) is 0 Å². The number of aryl methyl sites for hydroxylation is 2. The number of carbonyl (C=O) groups excluding carboxylic acids is 1. The summed E-state index contributed by atoms with van der Waals surface area (Å²) in [5, 5.41) is 0. The number of rotatable bonds is 7. The Labute approximate surface area is 181 Å². The van der Waals surface area contributed by atoms with Gasteiger partial charge >= 0.3 is 5.97 Å². The van der Waals surface area contributed by atoms with E-state index in [1.165, 1.54) is 60.1 Å². The third kappa shape index (κ3) is 5.21. The molecule has 4 heteroatoms. The largest absolute Gasteiger partial charge is 0.482 e. The van der Waals surface area contributed by atoms with Crippen LogP contribution < -0.4 is 4.74 Å². The van der Waals surface area contributed by atoms with E-state index in [0.717, 1.165) is 23.4 Å². The van der Waals surface area contributed by atoms with E-state index in [1.54, 1.807) is 6.92 Å². The maximum absolute atomic E-state index is 11.6. The molecule has 1 aromatic heterocycles. The molecule has 0 unspecified atom stereocenters. The minimum atomic E-state index is -0.338.